The molecule has 0 bridgehead atoms. The van der Waals surface area contributed by atoms with Crippen molar-refractivity contribution in [2.45, 2.75) is 19.3 Å². The lowest BCUT2D eigenvalue weighted by molar-refractivity contribution is -0.137. The summed E-state index contributed by atoms with van der Waals surface area (Å²) < 4.78 is 1.96. The number of rotatable bonds is 7. The number of carbonyl (C=O) groups excluding carboxylic acids is 1. The monoisotopic (exact) mass is 275 g/mol. The van der Waals surface area contributed by atoms with E-state index in [1.165, 1.54) is 0 Å². The summed E-state index contributed by atoms with van der Waals surface area (Å²) in [5.41, 5.74) is 2.70. The van der Waals surface area contributed by atoms with Gasteiger partial charge in [0.15, 0.2) is 0 Å². The Labute approximate surface area is 116 Å². The highest BCUT2D eigenvalue weighted by Gasteiger charge is 2.09. The van der Waals surface area contributed by atoms with Gasteiger partial charge in [-0.3, -0.25) is 4.79 Å². The van der Waals surface area contributed by atoms with Crippen molar-refractivity contribution in [3.8, 4) is 0 Å². The Hall–Kier alpha value is -2.37. The number of aryl methyl sites for hydroxylation is 2. The largest absolute Gasteiger partial charge is 0.481 e. The zero-order chi connectivity index (χ0) is 14.5. The normalized spacial score (nSPS) is 10.7. The molecule has 0 unspecified atom stereocenters. The van der Waals surface area contributed by atoms with Gasteiger partial charge in [-0.15, -0.1) is 0 Å². The standard InChI is InChI=1S/C14H17N3O3/c1-17-12-9-10(15-7-8-18)5-6-11(12)16-13(17)3-2-4-14(19)20/h5-6,8-9,15H,2-4,7H2,1H3,(H,19,20). The smallest absolute Gasteiger partial charge is 0.303 e. The van der Waals surface area contributed by atoms with Crippen LogP contribution in [0.1, 0.15) is 18.7 Å². The molecule has 0 atom stereocenters. The van der Waals surface area contributed by atoms with Crippen LogP contribution in [0.25, 0.3) is 11.0 Å². The van der Waals surface area contributed by atoms with E-state index in [2.05, 4.69) is 10.3 Å². The van der Waals surface area contributed by atoms with Gasteiger partial charge in [-0.05, 0) is 24.6 Å². The molecule has 6 heteroatoms. The quantitative estimate of drug-likeness (QED) is 0.750. The zero-order valence-corrected chi connectivity index (χ0v) is 11.3. The molecule has 20 heavy (non-hydrogen) atoms. The van der Waals surface area contributed by atoms with Crippen molar-refractivity contribution in [3.63, 3.8) is 0 Å². The number of benzene rings is 1. The number of aliphatic carboxylic acids is 1. The number of hydrogen-bond donors (Lipinski definition) is 2. The van der Waals surface area contributed by atoms with Crippen molar-refractivity contribution in [2.24, 2.45) is 7.05 Å². The number of carboxylic acid groups (broad SMARTS) is 1. The van der Waals surface area contributed by atoms with E-state index in [4.69, 9.17) is 5.11 Å². The number of aromatic nitrogens is 2. The molecule has 2 aromatic rings. The number of carbonyl (C=O) groups is 2. The molecule has 2 rings (SSSR count). The average molecular weight is 275 g/mol. The Morgan fingerprint density at radius 3 is 3.00 bits per heavy atom. The molecule has 1 heterocycles. The third kappa shape index (κ3) is 3.14. The Balaban J connectivity index is 2.19. The maximum absolute atomic E-state index is 10.5. The summed E-state index contributed by atoms with van der Waals surface area (Å²) in [6.45, 7) is 0.273. The zero-order valence-electron chi connectivity index (χ0n) is 11.3. The number of nitrogens with one attached hydrogen (secondary N) is 1. The first-order chi connectivity index (χ1) is 9.61. The summed E-state index contributed by atoms with van der Waals surface area (Å²) >= 11 is 0. The fourth-order valence-electron chi connectivity index (χ4n) is 2.13. The van der Waals surface area contributed by atoms with Crippen LogP contribution in [0.3, 0.4) is 0 Å². The molecule has 1 aromatic carbocycles. The molecule has 0 spiro atoms. The molecule has 0 aliphatic carbocycles. The minimum absolute atomic E-state index is 0.148. The minimum Gasteiger partial charge on any atom is -0.481 e. The van der Waals surface area contributed by atoms with Crippen molar-refractivity contribution in [2.75, 3.05) is 11.9 Å². The number of hydrogen-bond acceptors (Lipinski definition) is 4. The molecule has 0 aliphatic heterocycles. The lowest BCUT2D eigenvalue weighted by Gasteiger charge is -2.04. The van der Waals surface area contributed by atoms with Crippen LogP contribution in [0.15, 0.2) is 18.2 Å². The molecule has 0 saturated heterocycles. The molecule has 6 nitrogen and oxygen atoms in total. The van der Waals surface area contributed by atoms with E-state index in [0.717, 1.165) is 28.8 Å². The van der Waals surface area contributed by atoms with Gasteiger partial charge in [0.1, 0.15) is 12.1 Å². The van der Waals surface area contributed by atoms with Crippen LogP contribution in [-0.4, -0.2) is 33.5 Å². The number of fused-ring (bicyclic) bond motifs is 1. The maximum atomic E-state index is 10.5. The molecule has 106 valence electrons. The molecular formula is C14H17N3O3. The topological polar surface area (TPSA) is 84.2 Å². The van der Waals surface area contributed by atoms with E-state index in [1.54, 1.807) is 0 Å². The van der Waals surface area contributed by atoms with E-state index in [0.29, 0.717) is 12.8 Å². The molecule has 2 N–H and O–H groups in total. The summed E-state index contributed by atoms with van der Waals surface area (Å²) in [7, 11) is 1.91. The first-order valence-electron chi connectivity index (χ1n) is 6.46. The van der Waals surface area contributed by atoms with Gasteiger partial charge < -0.3 is 19.8 Å². The molecule has 0 radical (unpaired) electrons. The highest BCUT2D eigenvalue weighted by molar-refractivity contribution is 5.80. The van der Waals surface area contributed by atoms with Gasteiger partial charge in [-0.1, -0.05) is 0 Å². The highest BCUT2D eigenvalue weighted by Crippen LogP contribution is 2.20. The molecule has 0 fully saturated rings. The Morgan fingerprint density at radius 1 is 1.50 bits per heavy atom. The lowest BCUT2D eigenvalue weighted by atomic mass is 10.2. The van der Waals surface area contributed by atoms with Gasteiger partial charge >= 0.3 is 5.97 Å². The van der Waals surface area contributed by atoms with E-state index in [-0.39, 0.29) is 13.0 Å². The Kier molecular flexibility index (Phi) is 4.34. The summed E-state index contributed by atoms with van der Waals surface area (Å²) in [6, 6.07) is 5.70. The highest BCUT2D eigenvalue weighted by atomic mass is 16.4. The Morgan fingerprint density at radius 2 is 2.30 bits per heavy atom. The van der Waals surface area contributed by atoms with Crippen molar-refractivity contribution < 1.29 is 14.7 Å². The first kappa shape index (κ1) is 14.0. The lowest BCUT2D eigenvalue weighted by Crippen LogP contribution is -2.02. The van der Waals surface area contributed by atoms with E-state index in [9.17, 15) is 9.59 Å². The molecule has 0 saturated carbocycles. The predicted octanol–water partition coefficient (Wildman–Crippen LogP) is 1.59. The van der Waals surface area contributed by atoms with Gasteiger partial charge in [-0.25, -0.2) is 4.98 Å². The summed E-state index contributed by atoms with van der Waals surface area (Å²) in [6.07, 6.45) is 2.16. The van der Waals surface area contributed by atoms with E-state index in [1.807, 2.05) is 29.8 Å². The fourth-order valence-corrected chi connectivity index (χ4v) is 2.13. The van der Waals surface area contributed by atoms with Gasteiger partial charge in [0.2, 0.25) is 0 Å². The second-order valence-electron chi connectivity index (χ2n) is 4.59. The summed E-state index contributed by atoms with van der Waals surface area (Å²) in [5.74, 6) is 0.0814. The maximum Gasteiger partial charge on any atom is 0.303 e. The molecule has 0 aliphatic rings. The second-order valence-corrected chi connectivity index (χ2v) is 4.59. The van der Waals surface area contributed by atoms with Gasteiger partial charge in [0, 0.05) is 25.6 Å². The molecule has 1 aromatic heterocycles. The van der Waals surface area contributed by atoms with E-state index < -0.39 is 5.97 Å². The number of nitrogens with zero attached hydrogens (tertiary/aromatic N) is 2. The SMILES string of the molecule is Cn1c(CCCC(=O)O)nc2ccc(NCC=O)cc21. The predicted molar refractivity (Wildman–Crippen MR) is 75.8 cm³/mol. The number of aldehydes is 1. The van der Waals surface area contributed by atoms with Crippen molar-refractivity contribution >= 4 is 29.0 Å². The van der Waals surface area contributed by atoms with Gasteiger partial charge in [-0.2, -0.15) is 0 Å². The summed E-state index contributed by atoms with van der Waals surface area (Å²) in [5, 5.41) is 11.6. The van der Waals surface area contributed by atoms with Crippen LogP contribution >= 0.6 is 0 Å². The fraction of sp³-hybridized carbons (Fsp3) is 0.357. The second kappa shape index (κ2) is 6.18. The van der Waals surface area contributed by atoms with E-state index >= 15 is 0 Å². The Bertz CT molecular complexity index is 634. The van der Waals surface area contributed by atoms with Crippen LogP contribution in [0.5, 0.6) is 0 Å². The number of anilines is 1. The third-order valence-corrected chi connectivity index (χ3v) is 3.15. The van der Waals surface area contributed by atoms with Crippen LogP contribution < -0.4 is 5.32 Å². The van der Waals surface area contributed by atoms with Crippen LogP contribution in [0.2, 0.25) is 0 Å². The van der Waals surface area contributed by atoms with Crippen LogP contribution in [0, 0.1) is 0 Å². The van der Waals surface area contributed by atoms with Crippen LogP contribution in [0.4, 0.5) is 5.69 Å². The van der Waals surface area contributed by atoms with Gasteiger partial charge in [0.05, 0.1) is 17.6 Å². The van der Waals surface area contributed by atoms with Crippen LogP contribution in [-0.2, 0) is 23.1 Å². The van der Waals surface area contributed by atoms with Crippen molar-refractivity contribution in [3.05, 3.63) is 24.0 Å². The molecular weight excluding hydrogens is 258 g/mol. The first-order valence-corrected chi connectivity index (χ1v) is 6.46. The number of carboxylic acids is 1. The summed E-state index contributed by atoms with van der Waals surface area (Å²) in [4.78, 5) is 25.4. The minimum atomic E-state index is -0.788. The number of imidazole rings is 1. The third-order valence-electron chi connectivity index (χ3n) is 3.15. The average Bonchev–Trinajstić information content (AvgIpc) is 2.73. The van der Waals surface area contributed by atoms with Crippen molar-refractivity contribution in [1.82, 2.24) is 9.55 Å². The van der Waals surface area contributed by atoms with Gasteiger partial charge in [0.25, 0.3) is 0 Å². The molecule has 0 amide bonds. The van der Waals surface area contributed by atoms with Crippen molar-refractivity contribution in [1.29, 1.82) is 0 Å².